The zero-order chi connectivity index (χ0) is 10.4. The van der Waals surface area contributed by atoms with Gasteiger partial charge in [0.15, 0.2) is 0 Å². The molecule has 0 saturated heterocycles. The number of rotatable bonds is 5. The molecule has 0 atom stereocenters. The van der Waals surface area contributed by atoms with E-state index < -0.39 is 0 Å². The normalized spacial score (nSPS) is 10.4. The lowest BCUT2D eigenvalue weighted by molar-refractivity contribution is 0.625. The highest BCUT2D eigenvalue weighted by Gasteiger charge is 1.98. The van der Waals surface area contributed by atoms with E-state index in [1.165, 1.54) is 12.1 Å². The molecule has 1 aromatic carbocycles. The third kappa shape index (κ3) is 3.98. The van der Waals surface area contributed by atoms with Crippen LogP contribution in [0.1, 0.15) is 6.92 Å². The topological polar surface area (TPSA) is 38.0 Å². The Labute approximate surface area is 88.1 Å². The van der Waals surface area contributed by atoms with Crippen LogP contribution in [0.4, 0.5) is 10.1 Å². The van der Waals surface area contributed by atoms with E-state index in [0.29, 0.717) is 5.69 Å². The highest BCUT2D eigenvalue weighted by atomic mass is 32.2. The SMILES string of the molecule is CCNCCSc1cc(N)cc(F)c1. The second kappa shape index (κ2) is 5.88. The maximum Gasteiger partial charge on any atom is 0.126 e. The number of nitrogens with one attached hydrogen (secondary N) is 1. The molecule has 0 aliphatic carbocycles. The van der Waals surface area contributed by atoms with Gasteiger partial charge in [-0.2, -0.15) is 0 Å². The van der Waals surface area contributed by atoms with Gasteiger partial charge >= 0.3 is 0 Å². The lowest BCUT2D eigenvalue weighted by Crippen LogP contribution is -2.15. The Kier molecular flexibility index (Phi) is 4.76. The van der Waals surface area contributed by atoms with Crippen LogP contribution in [0.3, 0.4) is 0 Å². The number of halogens is 1. The van der Waals surface area contributed by atoms with Crippen LogP contribution in [0.2, 0.25) is 0 Å². The van der Waals surface area contributed by atoms with Crippen molar-refractivity contribution in [2.24, 2.45) is 0 Å². The van der Waals surface area contributed by atoms with Crippen LogP contribution < -0.4 is 11.1 Å². The maximum atomic E-state index is 12.9. The van der Waals surface area contributed by atoms with Crippen LogP contribution >= 0.6 is 11.8 Å². The molecule has 1 aromatic rings. The third-order valence-electron chi connectivity index (χ3n) is 1.69. The van der Waals surface area contributed by atoms with Crippen LogP contribution in [0.5, 0.6) is 0 Å². The summed E-state index contributed by atoms with van der Waals surface area (Å²) in [6.45, 7) is 3.95. The average molecular weight is 214 g/mol. The van der Waals surface area contributed by atoms with Crippen LogP contribution in [-0.4, -0.2) is 18.8 Å². The van der Waals surface area contributed by atoms with Crippen LogP contribution in [0.25, 0.3) is 0 Å². The third-order valence-corrected chi connectivity index (χ3v) is 2.67. The van der Waals surface area contributed by atoms with Gasteiger partial charge in [0.05, 0.1) is 0 Å². The van der Waals surface area contributed by atoms with Crippen molar-refractivity contribution >= 4 is 17.4 Å². The zero-order valence-corrected chi connectivity index (χ0v) is 9.03. The number of nitrogen functional groups attached to an aromatic ring is 1. The summed E-state index contributed by atoms with van der Waals surface area (Å²) < 4.78 is 12.9. The van der Waals surface area contributed by atoms with E-state index in [1.807, 2.05) is 0 Å². The summed E-state index contributed by atoms with van der Waals surface area (Å²) in [5.41, 5.74) is 6.00. The van der Waals surface area contributed by atoms with Crippen LogP contribution in [0.15, 0.2) is 23.1 Å². The molecule has 0 aliphatic rings. The second-order valence-corrected chi connectivity index (χ2v) is 4.09. The molecule has 0 amide bonds. The standard InChI is InChI=1S/C10H15FN2S/c1-2-13-3-4-14-10-6-8(11)5-9(12)7-10/h5-7,13H,2-4,12H2,1H3. The lowest BCUT2D eigenvalue weighted by atomic mass is 10.3. The summed E-state index contributed by atoms with van der Waals surface area (Å²) in [5, 5.41) is 3.20. The molecule has 3 N–H and O–H groups in total. The molecular weight excluding hydrogens is 199 g/mol. The number of nitrogens with two attached hydrogens (primary N) is 1. The molecule has 0 aromatic heterocycles. The molecular formula is C10H15FN2S. The van der Waals surface area contributed by atoms with E-state index in [0.717, 1.165) is 23.7 Å². The average Bonchev–Trinajstić information content (AvgIpc) is 2.11. The van der Waals surface area contributed by atoms with Gasteiger partial charge in [-0.1, -0.05) is 6.92 Å². The summed E-state index contributed by atoms with van der Waals surface area (Å²) in [5.74, 6) is 0.660. The van der Waals surface area contributed by atoms with Gasteiger partial charge in [0.25, 0.3) is 0 Å². The quantitative estimate of drug-likeness (QED) is 0.448. The van der Waals surface area contributed by atoms with Gasteiger partial charge < -0.3 is 11.1 Å². The lowest BCUT2D eigenvalue weighted by Gasteiger charge is -2.03. The van der Waals surface area contributed by atoms with Gasteiger partial charge in [-0.15, -0.1) is 11.8 Å². The Morgan fingerprint density at radius 2 is 2.21 bits per heavy atom. The van der Waals surface area contributed by atoms with Gasteiger partial charge in [0, 0.05) is 22.9 Å². The summed E-state index contributed by atoms with van der Waals surface area (Å²) in [4.78, 5) is 0.889. The van der Waals surface area contributed by atoms with E-state index in [4.69, 9.17) is 5.73 Å². The van der Waals surface area contributed by atoms with Gasteiger partial charge in [-0.05, 0) is 24.7 Å². The number of anilines is 1. The minimum atomic E-state index is -0.268. The van der Waals surface area contributed by atoms with E-state index in [1.54, 1.807) is 17.8 Å². The molecule has 14 heavy (non-hydrogen) atoms. The highest BCUT2D eigenvalue weighted by Crippen LogP contribution is 2.21. The molecule has 0 bridgehead atoms. The van der Waals surface area contributed by atoms with Crippen molar-refractivity contribution in [3.8, 4) is 0 Å². The molecule has 0 heterocycles. The predicted molar refractivity (Wildman–Crippen MR) is 60.1 cm³/mol. The predicted octanol–water partition coefficient (Wildman–Crippen LogP) is 2.11. The molecule has 0 aliphatic heterocycles. The van der Waals surface area contributed by atoms with Gasteiger partial charge in [0.2, 0.25) is 0 Å². The number of hydrogen-bond donors (Lipinski definition) is 2. The van der Waals surface area contributed by atoms with Crippen molar-refractivity contribution in [2.75, 3.05) is 24.6 Å². The maximum absolute atomic E-state index is 12.9. The Hall–Kier alpha value is -0.740. The smallest absolute Gasteiger partial charge is 0.126 e. The molecule has 2 nitrogen and oxygen atoms in total. The zero-order valence-electron chi connectivity index (χ0n) is 8.22. The van der Waals surface area contributed by atoms with Crippen LogP contribution in [-0.2, 0) is 0 Å². The summed E-state index contributed by atoms with van der Waals surface area (Å²) in [6.07, 6.45) is 0. The van der Waals surface area contributed by atoms with Crippen molar-refractivity contribution in [3.63, 3.8) is 0 Å². The van der Waals surface area contributed by atoms with Crippen molar-refractivity contribution in [2.45, 2.75) is 11.8 Å². The fraction of sp³-hybridized carbons (Fsp3) is 0.400. The Bertz CT molecular complexity index is 271. The Morgan fingerprint density at radius 3 is 2.86 bits per heavy atom. The highest BCUT2D eigenvalue weighted by molar-refractivity contribution is 7.99. The summed E-state index contributed by atoms with van der Waals surface area (Å²) in [7, 11) is 0. The van der Waals surface area contributed by atoms with E-state index in [-0.39, 0.29) is 5.82 Å². The van der Waals surface area contributed by atoms with Gasteiger partial charge in [-0.3, -0.25) is 0 Å². The molecule has 4 heteroatoms. The van der Waals surface area contributed by atoms with Crippen molar-refractivity contribution in [3.05, 3.63) is 24.0 Å². The first kappa shape index (κ1) is 11.3. The van der Waals surface area contributed by atoms with Gasteiger partial charge in [-0.25, -0.2) is 4.39 Å². The molecule has 1 rings (SSSR count). The van der Waals surface area contributed by atoms with Crippen molar-refractivity contribution < 1.29 is 4.39 Å². The molecule has 0 saturated carbocycles. The van der Waals surface area contributed by atoms with Gasteiger partial charge in [0.1, 0.15) is 5.82 Å². The summed E-state index contributed by atoms with van der Waals surface area (Å²) in [6, 6.07) is 4.63. The summed E-state index contributed by atoms with van der Waals surface area (Å²) >= 11 is 1.61. The van der Waals surface area contributed by atoms with Crippen LogP contribution in [0, 0.1) is 5.82 Å². The minimum absolute atomic E-state index is 0.268. The largest absolute Gasteiger partial charge is 0.399 e. The first-order valence-electron chi connectivity index (χ1n) is 4.62. The fourth-order valence-corrected chi connectivity index (χ4v) is 1.98. The molecule has 0 spiro atoms. The van der Waals surface area contributed by atoms with E-state index >= 15 is 0 Å². The Balaban J connectivity index is 2.42. The van der Waals surface area contributed by atoms with Crippen molar-refractivity contribution in [1.29, 1.82) is 0 Å². The minimum Gasteiger partial charge on any atom is -0.399 e. The Morgan fingerprint density at radius 1 is 1.43 bits per heavy atom. The molecule has 78 valence electrons. The molecule has 0 radical (unpaired) electrons. The number of hydrogen-bond acceptors (Lipinski definition) is 3. The first-order chi connectivity index (χ1) is 6.72. The fourth-order valence-electron chi connectivity index (χ4n) is 1.09. The number of thioether (sulfide) groups is 1. The second-order valence-electron chi connectivity index (χ2n) is 2.92. The van der Waals surface area contributed by atoms with E-state index in [2.05, 4.69) is 12.2 Å². The number of benzene rings is 1. The molecule has 0 unspecified atom stereocenters. The monoisotopic (exact) mass is 214 g/mol. The van der Waals surface area contributed by atoms with Crippen molar-refractivity contribution in [1.82, 2.24) is 5.32 Å². The van der Waals surface area contributed by atoms with E-state index in [9.17, 15) is 4.39 Å². The molecule has 0 fully saturated rings. The first-order valence-corrected chi connectivity index (χ1v) is 5.60.